The summed E-state index contributed by atoms with van der Waals surface area (Å²) in [6, 6.07) is 0.316. The Morgan fingerprint density at radius 2 is 1.89 bits per heavy atom. The van der Waals surface area contributed by atoms with Gasteiger partial charge in [0.05, 0.1) is 6.54 Å². The van der Waals surface area contributed by atoms with Gasteiger partial charge in [-0.1, -0.05) is 24.6 Å². The number of nitrogens with one attached hydrogen (secondary N) is 1. The Hall–Kier alpha value is -0.250. The molecule has 5 heteroatoms. The van der Waals surface area contributed by atoms with Gasteiger partial charge in [0, 0.05) is 17.0 Å². The van der Waals surface area contributed by atoms with Gasteiger partial charge >= 0.3 is 0 Å². The lowest BCUT2D eigenvalue weighted by Crippen LogP contribution is -2.49. The Balaban J connectivity index is 0.00000162. The van der Waals surface area contributed by atoms with Crippen molar-refractivity contribution in [1.82, 2.24) is 5.32 Å². The van der Waals surface area contributed by atoms with Crippen LogP contribution in [0.5, 0.6) is 0 Å². The van der Waals surface area contributed by atoms with Crippen molar-refractivity contribution in [2.24, 2.45) is 23.5 Å². The number of fused-ring (bicyclic) bond motifs is 2. The highest BCUT2D eigenvalue weighted by atomic mass is 35.5. The van der Waals surface area contributed by atoms with Gasteiger partial charge in [-0.15, -0.1) is 12.4 Å². The number of halogens is 2. The first-order valence-electron chi connectivity index (χ1n) is 6.44. The van der Waals surface area contributed by atoms with Gasteiger partial charge in [-0.25, -0.2) is 0 Å². The molecule has 2 atom stereocenters. The van der Waals surface area contributed by atoms with Gasteiger partial charge in [-0.05, 0) is 37.5 Å². The summed E-state index contributed by atoms with van der Waals surface area (Å²) < 4.78 is 0. The van der Waals surface area contributed by atoms with Crippen molar-refractivity contribution < 1.29 is 4.79 Å². The zero-order valence-corrected chi connectivity index (χ0v) is 12.1. The molecule has 2 fully saturated rings. The summed E-state index contributed by atoms with van der Waals surface area (Å²) in [5, 5.41) is 3.32. The van der Waals surface area contributed by atoms with Crippen LogP contribution in [0.2, 0.25) is 0 Å². The Labute approximate surface area is 120 Å². The molecule has 2 unspecified atom stereocenters. The second-order valence-electron chi connectivity index (χ2n) is 5.43. The summed E-state index contributed by atoms with van der Waals surface area (Å²) in [7, 11) is 0. The molecule has 2 saturated carbocycles. The molecule has 2 bridgehead atoms. The van der Waals surface area contributed by atoms with E-state index in [1.807, 2.05) is 0 Å². The van der Waals surface area contributed by atoms with E-state index >= 15 is 0 Å². The Morgan fingerprint density at radius 1 is 1.33 bits per heavy atom. The number of carbonyl (C=O) groups is 1. The maximum atomic E-state index is 12.0. The molecule has 0 spiro atoms. The fraction of sp³-hybridized carbons (Fsp3) is 0.769. The smallest absolute Gasteiger partial charge is 0.223 e. The molecule has 0 aromatic carbocycles. The largest absolute Gasteiger partial charge is 0.351 e. The molecule has 0 heterocycles. The highest BCUT2D eigenvalue weighted by Gasteiger charge is 2.40. The van der Waals surface area contributed by atoms with Crippen LogP contribution >= 0.6 is 24.0 Å². The molecular formula is C13H22Cl2N2O. The van der Waals surface area contributed by atoms with Crippen LogP contribution < -0.4 is 11.1 Å². The summed E-state index contributed by atoms with van der Waals surface area (Å²) in [5.41, 5.74) is 6.20. The zero-order valence-electron chi connectivity index (χ0n) is 10.5. The maximum absolute atomic E-state index is 12.0. The average molecular weight is 293 g/mol. The van der Waals surface area contributed by atoms with E-state index in [2.05, 4.69) is 11.9 Å². The third-order valence-electron chi connectivity index (χ3n) is 4.24. The number of carbonyl (C=O) groups excluding carboxylic acids is 1. The molecule has 0 aliphatic heterocycles. The molecule has 1 amide bonds. The van der Waals surface area contributed by atoms with Crippen LogP contribution in [-0.2, 0) is 4.79 Å². The Morgan fingerprint density at radius 3 is 2.39 bits per heavy atom. The van der Waals surface area contributed by atoms with Gasteiger partial charge in [0.25, 0.3) is 0 Å². The quantitative estimate of drug-likeness (QED) is 0.839. The SMILES string of the molecule is C=C(Cl)CNC(=O)C1CC2CCCC(C1)C2N.Cl. The van der Waals surface area contributed by atoms with Crippen molar-refractivity contribution in [3.05, 3.63) is 11.6 Å². The molecule has 18 heavy (non-hydrogen) atoms. The van der Waals surface area contributed by atoms with Crippen LogP contribution in [0.25, 0.3) is 0 Å². The maximum Gasteiger partial charge on any atom is 0.223 e. The number of nitrogens with two attached hydrogens (primary N) is 1. The fourth-order valence-corrected chi connectivity index (χ4v) is 3.40. The Kier molecular flexibility index (Phi) is 5.96. The standard InChI is InChI=1S/C13H21ClN2O.ClH/c1-8(14)7-16-13(17)11-5-9-3-2-4-10(6-11)12(9)15;/h9-12H,1-7,15H2,(H,16,17);1H. The summed E-state index contributed by atoms with van der Waals surface area (Å²) in [5.74, 6) is 1.33. The van der Waals surface area contributed by atoms with Gasteiger partial charge in [0.15, 0.2) is 0 Å². The number of hydrogen-bond donors (Lipinski definition) is 2. The van der Waals surface area contributed by atoms with E-state index < -0.39 is 0 Å². The Bertz CT molecular complexity index is 308. The van der Waals surface area contributed by atoms with Crippen LogP contribution in [0.4, 0.5) is 0 Å². The van der Waals surface area contributed by atoms with E-state index in [0.717, 1.165) is 12.8 Å². The topological polar surface area (TPSA) is 55.1 Å². The molecule has 2 rings (SSSR count). The molecule has 2 aliphatic carbocycles. The molecule has 104 valence electrons. The minimum Gasteiger partial charge on any atom is -0.351 e. The number of hydrogen-bond acceptors (Lipinski definition) is 2. The number of rotatable bonds is 3. The molecule has 0 aromatic heterocycles. The normalized spacial score (nSPS) is 34.3. The predicted octanol–water partition coefficient (Wildman–Crippen LogP) is 2.43. The van der Waals surface area contributed by atoms with E-state index in [1.165, 1.54) is 19.3 Å². The van der Waals surface area contributed by atoms with Crippen LogP contribution in [0.3, 0.4) is 0 Å². The molecule has 0 radical (unpaired) electrons. The first-order valence-corrected chi connectivity index (χ1v) is 6.82. The average Bonchev–Trinajstić information content (AvgIpc) is 2.25. The lowest BCUT2D eigenvalue weighted by atomic mass is 9.65. The minimum absolute atomic E-state index is 0. The highest BCUT2D eigenvalue weighted by molar-refractivity contribution is 6.29. The lowest BCUT2D eigenvalue weighted by molar-refractivity contribution is -0.127. The number of amides is 1. The van der Waals surface area contributed by atoms with Gasteiger partial charge < -0.3 is 11.1 Å². The summed E-state index contributed by atoms with van der Waals surface area (Å²) in [4.78, 5) is 12.0. The molecule has 3 N–H and O–H groups in total. The van der Waals surface area contributed by atoms with Gasteiger partial charge in [0.2, 0.25) is 5.91 Å². The first kappa shape index (κ1) is 15.8. The third-order valence-corrected chi connectivity index (χ3v) is 4.37. The molecule has 2 aliphatic rings. The molecule has 0 saturated heterocycles. The third kappa shape index (κ3) is 3.62. The van der Waals surface area contributed by atoms with Gasteiger partial charge in [-0.3, -0.25) is 4.79 Å². The second-order valence-corrected chi connectivity index (χ2v) is 5.97. The van der Waals surface area contributed by atoms with Crippen molar-refractivity contribution in [3.8, 4) is 0 Å². The van der Waals surface area contributed by atoms with Crippen molar-refractivity contribution in [2.75, 3.05) is 6.54 Å². The van der Waals surface area contributed by atoms with Crippen molar-refractivity contribution in [3.63, 3.8) is 0 Å². The van der Waals surface area contributed by atoms with Crippen LogP contribution in [0, 0.1) is 17.8 Å². The second kappa shape index (κ2) is 6.78. The summed E-state index contributed by atoms with van der Waals surface area (Å²) in [6.45, 7) is 3.95. The molecule has 0 aromatic rings. The summed E-state index contributed by atoms with van der Waals surface area (Å²) >= 11 is 5.65. The van der Waals surface area contributed by atoms with Crippen LogP contribution in [-0.4, -0.2) is 18.5 Å². The minimum atomic E-state index is 0. The van der Waals surface area contributed by atoms with Crippen molar-refractivity contribution in [2.45, 2.75) is 38.1 Å². The van der Waals surface area contributed by atoms with E-state index in [0.29, 0.717) is 29.5 Å². The zero-order chi connectivity index (χ0) is 12.4. The first-order chi connectivity index (χ1) is 8.08. The summed E-state index contributed by atoms with van der Waals surface area (Å²) in [6.07, 6.45) is 5.53. The van der Waals surface area contributed by atoms with Gasteiger partial charge in [-0.2, -0.15) is 0 Å². The van der Waals surface area contributed by atoms with Crippen LogP contribution in [0.15, 0.2) is 11.6 Å². The van der Waals surface area contributed by atoms with E-state index in [9.17, 15) is 4.79 Å². The fourth-order valence-electron chi connectivity index (χ4n) is 3.33. The lowest BCUT2D eigenvalue weighted by Gasteiger charge is -2.43. The van der Waals surface area contributed by atoms with Crippen molar-refractivity contribution >= 4 is 29.9 Å². The van der Waals surface area contributed by atoms with E-state index in [-0.39, 0.29) is 24.2 Å². The van der Waals surface area contributed by atoms with Crippen molar-refractivity contribution in [1.29, 1.82) is 0 Å². The molecular weight excluding hydrogens is 271 g/mol. The van der Waals surface area contributed by atoms with E-state index in [1.54, 1.807) is 0 Å². The molecule has 3 nitrogen and oxygen atoms in total. The van der Waals surface area contributed by atoms with Crippen LogP contribution in [0.1, 0.15) is 32.1 Å². The highest BCUT2D eigenvalue weighted by Crippen LogP contribution is 2.41. The predicted molar refractivity (Wildman–Crippen MR) is 76.8 cm³/mol. The van der Waals surface area contributed by atoms with E-state index in [4.69, 9.17) is 17.3 Å². The van der Waals surface area contributed by atoms with Gasteiger partial charge in [0.1, 0.15) is 0 Å². The monoisotopic (exact) mass is 292 g/mol.